The molecule has 1 aliphatic carbocycles. The Labute approximate surface area is 123 Å². The highest BCUT2D eigenvalue weighted by atomic mass is 35.5. The first-order valence-corrected chi connectivity index (χ1v) is 7.84. The predicted molar refractivity (Wildman–Crippen MR) is 81.6 cm³/mol. The molecule has 0 spiro atoms. The molecule has 3 N–H and O–H groups in total. The minimum Gasteiger partial charge on any atom is -0.398 e. The van der Waals surface area contributed by atoms with Gasteiger partial charge in [-0.3, -0.25) is 4.79 Å². The van der Waals surface area contributed by atoms with Gasteiger partial charge in [0, 0.05) is 16.6 Å². The van der Waals surface area contributed by atoms with Crippen LogP contribution in [0.4, 0.5) is 5.69 Å². The molecule has 0 aliphatic heterocycles. The van der Waals surface area contributed by atoms with Crippen molar-refractivity contribution < 1.29 is 4.79 Å². The lowest BCUT2D eigenvalue weighted by molar-refractivity contribution is -0.120. The molecule has 1 aromatic carbocycles. The van der Waals surface area contributed by atoms with Crippen LogP contribution >= 0.6 is 23.4 Å². The molecule has 1 aliphatic rings. The van der Waals surface area contributed by atoms with E-state index in [1.165, 1.54) is 24.6 Å². The molecule has 1 unspecified atom stereocenters. The van der Waals surface area contributed by atoms with Crippen LogP contribution in [0.2, 0.25) is 5.02 Å². The summed E-state index contributed by atoms with van der Waals surface area (Å²) in [7, 11) is 0. The van der Waals surface area contributed by atoms with Crippen LogP contribution in [0.25, 0.3) is 0 Å². The Hall–Kier alpha value is -0.870. The van der Waals surface area contributed by atoms with Crippen molar-refractivity contribution >= 4 is 35.0 Å². The van der Waals surface area contributed by atoms with Crippen LogP contribution in [0.1, 0.15) is 32.6 Å². The number of amides is 1. The van der Waals surface area contributed by atoms with Gasteiger partial charge in [-0.1, -0.05) is 30.5 Å². The monoisotopic (exact) mass is 298 g/mol. The molecule has 5 heteroatoms. The van der Waals surface area contributed by atoms with E-state index in [2.05, 4.69) is 5.32 Å². The van der Waals surface area contributed by atoms with E-state index in [-0.39, 0.29) is 11.2 Å². The lowest BCUT2D eigenvalue weighted by atomic mass is 10.2. The number of benzene rings is 1. The van der Waals surface area contributed by atoms with E-state index in [1.54, 1.807) is 12.1 Å². The molecule has 2 rings (SSSR count). The van der Waals surface area contributed by atoms with Crippen molar-refractivity contribution in [1.29, 1.82) is 0 Å². The predicted octanol–water partition coefficient (Wildman–Crippen LogP) is 3.46. The molecular weight excluding hydrogens is 280 g/mol. The zero-order chi connectivity index (χ0) is 13.8. The topological polar surface area (TPSA) is 55.1 Å². The van der Waals surface area contributed by atoms with Crippen LogP contribution in [-0.2, 0) is 4.79 Å². The Morgan fingerprint density at radius 2 is 2.16 bits per heavy atom. The summed E-state index contributed by atoms with van der Waals surface area (Å²) < 4.78 is 0. The van der Waals surface area contributed by atoms with Gasteiger partial charge in [0.15, 0.2) is 0 Å². The van der Waals surface area contributed by atoms with Crippen LogP contribution in [0.15, 0.2) is 23.1 Å². The number of anilines is 1. The van der Waals surface area contributed by atoms with Gasteiger partial charge in [-0.15, -0.1) is 11.8 Å². The normalized spacial score (nSPS) is 17.4. The molecule has 0 radical (unpaired) electrons. The minimum absolute atomic E-state index is 0.0659. The Kier molecular flexibility index (Phi) is 4.99. The quantitative estimate of drug-likeness (QED) is 0.661. The first kappa shape index (κ1) is 14.5. The van der Waals surface area contributed by atoms with Crippen molar-refractivity contribution in [3.8, 4) is 0 Å². The Morgan fingerprint density at radius 3 is 2.79 bits per heavy atom. The fraction of sp³-hybridized carbons (Fsp3) is 0.500. The SMILES string of the molecule is CC(Sc1c(N)cccc1Cl)C(=O)NC1CCCC1. The first-order chi connectivity index (χ1) is 9.08. The molecule has 0 heterocycles. The highest BCUT2D eigenvalue weighted by molar-refractivity contribution is 8.00. The van der Waals surface area contributed by atoms with Gasteiger partial charge in [-0.25, -0.2) is 0 Å². The second-order valence-electron chi connectivity index (χ2n) is 4.91. The van der Waals surface area contributed by atoms with Gasteiger partial charge in [0.2, 0.25) is 5.91 Å². The molecule has 104 valence electrons. The lowest BCUT2D eigenvalue weighted by Gasteiger charge is -2.17. The van der Waals surface area contributed by atoms with Crippen molar-refractivity contribution in [3.05, 3.63) is 23.2 Å². The number of nitrogen functional groups attached to an aromatic ring is 1. The molecule has 0 bridgehead atoms. The second kappa shape index (κ2) is 6.53. The molecule has 19 heavy (non-hydrogen) atoms. The summed E-state index contributed by atoms with van der Waals surface area (Å²) in [4.78, 5) is 12.9. The zero-order valence-electron chi connectivity index (χ0n) is 11.0. The molecule has 1 fully saturated rings. The van der Waals surface area contributed by atoms with Gasteiger partial charge in [0.1, 0.15) is 0 Å². The maximum atomic E-state index is 12.1. The van der Waals surface area contributed by atoms with E-state index in [9.17, 15) is 4.79 Å². The van der Waals surface area contributed by atoms with Gasteiger partial charge in [0.05, 0.1) is 10.3 Å². The number of rotatable bonds is 4. The second-order valence-corrected chi connectivity index (χ2v) is 6.67. The third-order valence-electron chi connectivity index (χ3n) is 3.36. The smallest absolute Gasteiger partial charge is 0.233 e. The zero-order valence-corrected chi connectivity index (χ0v) is 12.6. The van der Waals surface area contributed by atoms with Crippen molar-refractivity contribution in [1.82, 2.24) is 5.32 Å². The number of hydrogen-bond acceptors (Lipinski definition) is 3. The Bertz CT molecular complexity index is 441. The highest BCUT2D eigenvalue weighted by Crippen LogP contribution is 2.35. The van der Waals surface area contributed by atoms with E-state index < -0.39 is 0 Å². The summed E-state index contributed by atoms with van der Waals surface area (Å²) in [5, 5.41) is 3.50. The Balaban J connectivity index is 1.96. The summed E-state index contributed by atoms with van der Waals surface area (Å²) >= 11 is 7.54. The Morgan fingerprint density at radius 1 is 1.47 bits per heavy atom. The molecule has 1 atom stereocenters. The number of carbonyl (C=O) groups excluding carboxylic acids is 1. The number of carbonyl (C=O) groups is 1. The average molecular weight is 299 g/mol. The third-order valence-corrected chi connectivity index (χ3v) is 5.05. The van der Waals surface area contributed by atoms with Crippen LogP contribution < -0.4 is 11.1 Å². The molecule has 1 amide bonds. The molecule has 0 saturated heterocycles. The first-order valence-electron chi connectivity index (χ1n) is 6.59. The van der Waals surface area contributed by atoms with Gasteiger partial charge in [0.25, 0.3) is 0 Å². The summed E-state index contributed by atoms with van der Waals surface area (Å²) in [5.74, 6) is 0.0659. The number of nitrogens with two attached hydrogens (primary N) is 1. The summed E-state index contributed by atoms with van der Waals surface area (Å²) in [6, 6.07) is 5.75. The molecule has 1 aromatic rings. The maximum absolute atomic E-state index is 12.1. The van der Waals surface area contributed by atoms with E-state index in [1.807, 2.05) is 13.0 Å². The van der Waals surface area contributed by atoms with Crippen molar-refractivity contribution in [2.24, 2.45) is 0 Å². The lowest BCUT2D eigenvalue weighted by Crippen LogP contribution is -2.37. The molecule has 3 nitrogen and oxygen atoms in total. The fourth-order valence-corrected chi connectivity index (χ4v) is 3.50. The molecular formula is C14H19ClN2OS. The van der Waals surface area contributed by atoms with Crippen molar-refractivity contribution in [2.75, 3.05) is 5.73 Å². The van der Waals surface area contributed by atoms with Gasteiger partial charge in [-0.05, 0) is 31.9 Å². The van der Waals surface area contributed by atoms with E-state index in [0.29, 0.717) is 16.8 Å². The van der Waals surface area contributed by atoms with E-state index in [4.69, 9.17) is 17.3 Å². The number of nitrogens with one attached hydrogen (secondary N) is 1. The maximum Gasteiger partial charge on any atom is 0.233 e. The van der Waals surface area contributed by atoms with Crippen LogP contribution in [0, 0.1) is 0 Å². The van der Waals surface area contributed by atoms with Crippen LogP contribution in [-0.4, -0.2) is 17.2 Å². The number of halogens is 1. The number of thioether (sulfide) groups is 1. The van der Waals surface area contributed by atoms with Crippen LogP contribution in [0.5, 0.6) is 0 Å². The third kappa shape index (κ3) is 3.80. The van der Waals surface area contributed by atoms with Crippen LogP contribution in [0.3, 0.4) is 0 Å². The fourth-order valence-electron chi connectivity index (χ4n) is 2.27. The van der Waals surface area contributed by atoms with Crippen molar-refractivity contribution in [2.45, 2.75) is 48.8 Å². The molecule has 0 aromatic heterocycles. The average Bonchev–Trinajstić information content (AvgIpc) is 2.86. The van der Waals surface area contributed by atoms with Gasteiger partial charge in [-0.2, -0.15) is 0 Å². The molecule has 1 saturated carbocycles. The van der Waals surface area contributed by atoms with Gasteiger partial charge >= 0.3 is 0 Å². The minimum atomic E-state index is -0.192. The summed E-state index contributed by atoms with van der Waals surface area (Å²) in [6.45, 7) is 1.89. The highest BCUT2D eigenvalue weighted by Gasteiger charge is 2.22. The largest absolute Gasteiger partial charge is 0.398 e. The van der Waals surface area contributed by atoms with E-state index in [0.717, 1.165) is 17.7 Å². The van der Waals surface area contributed by atoms with E-state index >= 15 is 0 Å². The van der Waals surface area contributed by atoms with Crippen molar-refractivity contribution in [3.63, 3.8) is 0 Å². The summed E-state index contributed by atoms with van der Waals surface area (Å²) in [6.07, 6.45) is 4.61. The van der Waals surface area contributed by atoms with Gasteiger partial charge < -0.3 is 11.1 Å². The summed E-state index contributed by atoms with van der Waals surface area (Å²) in [5.41, 5.74) is 6.52. The number of hydrogen-bond donors (Lipinski definition) is 2. The standard InChI is InChI=1S/C14H19ClN2OS/c1-9(14(18)17-10-5-2-3-6-10)19-13-11(15)7-4-8-12(13)16/h4,7-10H,2-3,5-6,16H2,1H3,(H,17,18).